The second kappa shape index (κ2) is 6.20. The normalized spacial score (nSPS) is 11.2. The van der Waals surface area contributed by atoms with Crippen LogP contribution in [0.5, 0.6) is 0 Å². The topological polar surface area (TPSA) is 13.1 Å². The number of hydrogen-bond acceptors (Lipinski definition) is 1. The van der Waals surface area contributed by atoms with Gasteiger partial charge in [-0.15, -0.1) is 0 Å². The van der Waals surface area contributed by atoms with E-state index in [2.05, 4.69) is 84.9 Å². The Kier molecular flexibility index (Phi) is 3.57. The SMILES string of the molecule is c1ccc(-c2cccc(Cc3cccc4c3oc3ccccc34)c2)cc1. The minimum absolute atomic E-state index is 0.859. The molecule has 5 rings (SSSR count). The number of furan rings is 1. The van der Waals surface area contributed by atoms with E-state index in [1.165, 1.54) is 33.0 Å². The molecule has 0 unspecified atom stereocenters. The van der Waals surface area contributed by atoms with Crippen molar-refractivity contribution in [2.45, 2.75) is 6.42 Å². The van der Waals surface area contributed by atoms with Crippen molar-refractivity contribution in [3.05, 3.63) is 108 Å². The van der Waals surface area contributed by atoms with E-state index in [0.717, 1.165) is 17.6 Å². The summed E-state index contributed by atoms with van der Waals surface area (Å²) in [5.74, 6) is 0. The smallest absolute Gasteiger partial charge is 0.138 e. The zero-order chi connectivity index (χ0) is 17.3. The third-order valence-corrected chi connectivity index (χ3v) is 4.91. The zero-order valence-corrected chi connectivity index (χ0v) is 14.4. The molecule has 4 aromatic carbocycles. The van der Waals surface area contributed by atoms with Gasteiger partial charge >= 0.3 is 0 Å². The van der Waals surface area contributed by atoms with Gasteiger partial charge in [0.15, 0.2) is 0 Å². The van der Waals surface area contributed by atoms with Gasteiger partial charge in [-0.3, -0.25) is 0 Å². The highest BCUT2D eigenvalue weighted by atomic mass is 16.3. The maximum Gasteiger partial charge on any atom is 0.138 e. The molecule has 0 spiro atoms. The largest absolute Gasteiger partial charge is 0.456 e. The molecule has 26 heavy (non-hydrogen) atoms. The van der Waals surface area contributed by atoms with Crippen molar-refractivity contribution in [2.24, 2.45) is 0 Å². The van der Waals surface area contributed by atoms with Crippen LogP contribution in [0.1, 0.15) is 11.1 Å². The van der Waals surface area contributed by atoms with Crippen molar-refractivity contribution in [3.8, 4) is 11.1 Å². The Hall–Kier alpha value is -3.32. The highest BCUT2D eigenvalue weighted by Gasteiger charge is 2.10. The fraction of sp³-hybridized carbons (Fsp3) is 0.0400. The van der Waals surface area contributed by atoms with Crippen molar-refractivity contribution in [2.75, 3.05) is 0 Å². The molecule has 0 atom stereocenters. The first kappa shape index (κ1) is 15.0. The fourth-order valence-electron chi connectivity index (χ4n) is 3.66. The zero-order valence-electron chi connectivity index (χ0n) is 14.4. The Morgan fingerprint density at radius 2 is 1.31 bits per heavy atom. The second-order valence-corrected chi connectivity index (χ2v) is 6.64. The molecule has 0 bridgehead atoms. The van der Waals surface area contributed by atoms with Crippen LogP contribution in [-0.4, -0.2) is 0 Å². The van der Waals surface area contributed by atoms with E-state index in [0.29, 0.717) is 0 Å². The average Bonchev–Trinajstić information content (AvgIpc) is 3.09. The molecule has 0 amide bonds. The predicted molar refractivity (Wildman–Crippen MR) is 108 cm³/mol. The van der Waals surface area contributed by atoms with Gasteiger partial charge in [0.05, 0.1) is 0 Å². The molecule has 0 radical (unpaired) electrons. The third-order valence-electron chi connectivity index (χ3n) is 4.91. The van der Waals surface area contributed by atoms with Crippen LogP contribution < -0.4 is 0 Å². The molecule has 0 aliphatic heterocycles. The second-order valence-electron chi connectivity index (χ2n) is 6.64. The van der Waals surface area contributed by atoms with Crippen LogP contribution in [0, 0.1) is 0 Å². The van der Waals surface area contributed by atoms with E-state index < -0.39 is 0 Å². The maximum absolute atomic E-state index is 6.17. The lowest BCUT2D eigenvalue weighted by molar-refractivity contribution is 0.664. The Bertz CT molecular complexity index is 1200. The molecule has 1 nitrogen and oxygen atoms in total. The number of hydrogen-bond donors (Lipinski definition) is 0. The van der Waals surface area contributed by atoms with E-state index in [-0.39, 0.29) is 0 Å². The Morgan fingerprint density at radius 3 is 2.23 bits per heavy atom. The van der Waals surface area contributed by atoms with Crippen molar-refractivity contribution in [1.82, 2.24) is 0 Å². The molecule has 0 N–H and O–H groups in total. The highest BCUT2D eigenvalue weighted by Crippen LogP contribution is 2.32. The van der Waals surface area contributed by atoms with Gasteiger partial charge in [-0.2, -0.15) is 0 Å². The Labute approximate surface area is 152 Å². The van der Waals surface area contributed by atoms with Crippen LogP contribution in [0.25, 0.3) is 33.1 Å². The lowest BCUT2D eigenvalue weighted by Gasteiger charge is -2.07. The van der Waals surface area contributed by atoms with Gasteiger partial charge in [0.2, 0.25) is 0 Å². The summed E-state index contributed by atoms with van der Waals surface area (Å²) in [7, 11) is 0. The quantitative estimate of drug-likeness (QED) is 0.352. The van der Waals surface area contributed by atoms with Gasteiger partial charge in [0.1, 0.15) is 11.2 Å². The monoisotopic (exact) mass is 334 g/mol. The molecule has 0 aliphatic rings. The number of para-hydroxylation sites is 2. The first-order valence-corrected chi connectivity index (χ1v) is 8.92. The van der Waals surface area contributed by atoms with Gasteiger partial charge in [-0.1, -0.05) is 91.0 Å². The molecule has 1 aromatic heterocycles. The first-order chi connectivity index (χ1) is 12.9. The van der Waals surface area contributed by atoms with E-state index in [1.54, 1.807) is 0 Å². The molecule has 0 saturated carbocycles. The van der Waals surface area contributed by atoms with Crippen molar-refractivity contribution >= 4 is 21.9 Å². The standard InChI is InChI=1S/C25H18O/c1-2-9-19(10-3-1)20-11-6-8-18(16-20)17-21-12-7-14-23-22-13-4-5-15-24(22)26-25(21)23/h1-16H,17H2. The molecule has 0 saturated heterocycles. The molecule has 1 heterocycles. The average molecular weight is 334 g/mol. The predicted octanol–water partition coefficient (Wildman–Crippen LogP) is 6.84. The summed E-state index contributed by atoms with van der Waals surface area (Å²) in [5, 5.41) is 2.37. The van der Waals surface area contributed by atoms with E-state index >= 15 is 0 Å². The van der Waals surface area contributed by atoms with Gasteiger partial charge in [-0.25, -0.2) is 0 Å². The third kappa shape index (κ3) is 2.58. The summed E-state index contributed by atoms with van der Waals surface area (Å²) in [6.07, 6.45) is 0.859. The van der Waals surface area contributed by atoms with Gasteiger partial charge < -0.3 is 4.42 Å². The van der Waals surface area contributed by atoms with Crippen molar-refractivity contribution in [3.63, 3.8) is 0 Å². The molecule has 0 aliphatic carbocycles. The lowest BCUT2D eigenvalue weighted by Crippen LogP contribution is -1.89. The first-order valence-electron chi connectivity index (χ1n) is 8.92. The van der Waals surface area contributed by atoms with E-state index in [1.807, 2.05) is 12.1 Å². The van der Waals surface area contributed by atoms with Crippen LogP contribution in [-0.2, 0) is 6.42 Å². The van der Waals surface area contributed by atoms with Crippen LogP contribution in [0.2, 0.25) is 0 Å². The highest BCUT2D eigenvalue weighted by molar-refractivity contribution is 6.05. The summed E-state index contributed by atoms with van der Waals surface area (Å²) in [6, 6.07) is 34.0. The summed E-state index contributed by atoms with van der Waals surface area (Å²) in [5.41, 5.74) is 6.96. The summed E-state index contributed by atoms with van der Waals surface area (Å²) < 4.78 is 6.17. The van der Waals surface area contributed by atoms with E-state index in [9.17, 15) is 0 Å². The molecule has 1 heteroatoms. The Balaban J connectivity index is 1.58. The summed E-state index contributed by atoms with van der Waals surface area (Å²) in [6.45, 7) is 0. The summed E-state index contributed by atoms with van der Waals surface area (Å²) >= 11 is 0. The van der Waals surface area contributed by atoms with E-state index in [4.69, 9.17) is 4.42 Å². The van der Waals surface area contributed by atoms with Crippen LogP contribution in [0.3, 0.4) is 0 Å². The van der Waals surface area contributed by atoms with Gasteiger partial charge in [0.25, 0.3) is 0 Å². The van der Waals surface area contributed by atoms with Crippen molar-refractivity contribution in [1.29, 1.82) is 0 Å². The number of rotatable bonds is 3. The Morgan fingerprint density at radius 1 is 0.577 bits per heavy atom. The number of fused-ring (bicyclic) bond motifs is 3. The minimum Gasteiger partial charge on any atom is -0.456 e. The number of benzene rings is 4. The van der Waals surface area contributed by atoms with Crippen LogP contribution >= 0.6 is 0 Å². The summed E-state index contributed by atoms with van der Waals surface area (Å²) in [4.78, 5) is 0. The maximum atomic E-state index is 6.17. The van der Waals surface area contributed by atoms with Crippen LogP contribution in [0.4, 0.5) is 0 Å². The fourth-order valence-corrected chi connectivity index (χ4v) is 3.66. The molecule has 124 valence electrons. The molecule has 5 aromatic rings. The molecule has 0 fully saturated rings. The lowest BCUT2D eigenvalue weighted by atomic mass is 9.98. The van der Waals surface area contributed by atoms with Crippen molar-refractivity contribution < 1.29 is 4.42 Å². The van der Waals surface area contributed by atoms with Gasteiger partial charge in [-0.05, 0) is 28.3 Å². The molecular formula is C25H18O. The minimum atomic E-state index is 0.859. The molecular weight excluding hydrogens is 316 g/mol. The van der Waals surface area contributed by atoms with Crippen LogP contribution in [0.15, 0.2) is 101 Å². The van der Waals surface area contributed by atoms with Gasteiger partial charge in [0, 0.05) is 17.2 Å².